The molecule has 0 saturated carbocycles. The van der Waals surface area contributed by atoms with E-state index in [0.29, 0.717) is 24.8 Å². The summed E-state index contributed by atoms with van der Waals surface area (Å²) in [7, 11) is 0. The average Bonchev–Trinajstić information content (AvgIpc) is 3.49. The molecule has 0 saturated heterocycles. The van der Waals surface area contributed by atoms with Gasteiger partial charge in [-0.1, -0.05) is 48.0 Å². The molecule has 0 atom stereocenters. The highest BCUT2D eigenvalue weighted by Crippen LogP contribution is 2.27. The number of hydrogen-bond acceptors (Lipinski definition) is 4. The zero-order valence-electron chi connectivity index (χ0n) is 21.9. The van der Waals surface area contributed by atoms with Crippen molar-refractivity contribution in [1.29, 1.82) is 0 Å². The van der Waals surface area contributed by atoms with Crippen LogP contribution in [0.25, 0.3) is 5.69 Å². The topological polar surface area (TPSA) is 52.0 Å². The lowest BCUT2D eigenvalue weighted by atomic mass is 9.30. The molecule has 0 radical (unpaired) electrons. The lowest BCUT2D eigenvalue weighted by Gasteiger charge is -2.36. The van der Waals surface area contributed by atoms with Crippen molar-refractivity contribution < 1.29 is 14.0 Å². The molecule has 7 heteroatoms. The van der Waals surface area contributed by atoms with E-state index >= 15 is 0 Å². The van der Waals surface area contributed by atoms with Crippen LogP contribution in [0.2, 0.25) is 0 Å². The Bertz CT molecular complexity index is 1280. The molecule has 2 aromatic carbocycles. The van der Waals surface area contributed by atoms with E-state index in [4.69, 9.17) is 19.5 Å². The van der Waals surface area contributed by atoms with Gasteiger partial charge in [-0.15, -0.1) is 5.46 Å². The maximum absolute atomic E-state index is 6.39. The fourth-order valence-electron chi connectivity index (χ4n) is 5.51. The van der Waals surface area contributed by atoms with Gasteiger partial charge in [-0.3, -0.25) is 9.98 Å². The van der Waals surface area contributed by atoms with Gasteiger partial charge in [-0.05, 0) is 59.6 Å². The first-order valence-corrected chi connectivity index (χ1v) is 12.4. The van der Waals surface area contributed by atoms with Gasteiger partial charge in [0.05, 0.1) is 28.9 Å². The number of aryl methyl sites for hydroxylation is 3. The molecule has 3 aromatic rings. The van der Waals surface area contributed by atoms with E-state index < -0.39 is 6.28 Å². The Labute approximate surface area is 208 Å². The Hall–Kier alpha value is -3.35. The second kappa shape index (κ2) is 8.11. The van der Waals surface area contributed by atoms with E-state index in [1.54, 1.807) is 0 Å². The maximum atomic E-state index is 6.39. The van der Waals surface area contributed by atoms with Crippen molar-refractivity contribution in [2.45, 2.75) is 59.5 Å². The second-order valence-corrected chi connectivity index (χ2v) is 11.3. The first kappa shape index (κ1) is 23.4. The molecule has 2 aliphatic rings. The Morgan fingerprint density at radius 3 is 1.89 bits per heavy atom. The summed E-state index contributed by atoms with van der Waals surface area (Å²) in [5.41, 5.74) is 5.32. The summed E-state index contributed by atoms with van der Waals surface area (Å²) in [5, 5.41) is 0. The van der Waals surface area contributed by atoms with Crippen molar-refractivity contribution in [2.75, 3.05) is 13.2 Å². The van der Waals surface area contributed by atoms with E-state index in [0.717, 1.165) is 5.46 Å². The third-order valence-corrected chi connectivity index (χ3v) is 6.97. The average molecular weight is 470 g/mol. The molecule has 182 valence electrons. The number of ether oxygens (including phenoxy) is 2. The molecule has 6 nitrogen and oxygen atoms in total. The fourth-order valence-corrected chi connectivity index (χ4v) is 5.51. The number of rotatable bonds is 5. The van der Waals surface area contributed by atoms with Gasteiger partial charge in [0.25, 0.3) is 0 Å². The van der Waals surface area contributed by atoms with Crippen molar-refractivity contribution >= 4 is 23.3 Å². The largest absolute Gasteiger partial charge is 0.513 e. The molecule has 5 rings (SSSR count). The number of benzene rings is 2. The van der Waals surface area contributed by atoms with E-state index in [9.17, 15) is 0 Å². The molecule has 0 unspecified atom stereocenters. The van der Waals surface area contributed by atoms with Gasteiger partial charge in [-0.25, -0.2) is 4.57 Å². The molecule has 0 amide bonds. The molecule has 0 fully saturated rings. The first-order valence-electron chi connectivity index (χ1n) is 12.4. The van der Waals surface area contributed by atoms with Crippen LogP contribution in [-0.4, -0.2) is 46.7 Å². The summed E-state index contributed by atoms with van der Waals surface area (Å²) in [6.07, 6.45) is 4.42. The molecule has 1 aromatic heterocycles. The van der Waals surface area contributed by atoms with Crippen LogP contribution in [-0.2, 0) is 9.47 Å². The van der Waals surface area contributed by atoms with Crippen LogP contribution in [0.15, 0.2) is 71.2 Å². The monoisotopic (exact) mass is 470 g/mol. The molecule has 0 bridgehead atoms. The van der Waals surface area contributed by atoms with Gasteiger partial charge in [0.2, 0.25) is 6.33 Å². The van der Waals surface area contributed by atoms with Crippen molar-refractivity contribution in [3.8, 4) is 5.69 Å². The van der Waals surface area contributed by atoms with Crippen molar-refractivity contribution in [3.05, 3.63) is 77.9 Å². The molecular weight excluding hydrogens is 435 g/mol. The van der Waals surface area contributed by atoms with Crippen LogP contribution in [0.4, 0.5) is 0 Å². The Morgan fingerprint density at radius 2 is 1.40 bits per heavy atom. The normalized spacial score (nSPS) is 18.6. The molecule has 0 N–H and O–H groups in total. The predicted molar refractivity (Wildman–Crippen MR) is 142 cm³/mol. The highest BCUT2D eigenvalue weighted by atomic mass is 16.5. The van der Waals surface area contributed by atoms with E-state index in [-0.39, 0.29) is 11.1 Å². The van der Waals surface area contributed by atoms with Crippen LogP contribution >= 0.6 is 0 Å². The van der Waals surface area contributed by atoms with Crippen LogP contribution in [0.1, 0.15) is 44.4 Å². The van der Waals surface area contributed by atoms with Crippen LogP contribution in [0.3, 0.4) is 0 Å². The summed E-state index contributed by atoms with van der Waals surface area (Å²) in [6, 6.07) is 14.8. The third-order valence-electron chi connectivity index (χ3n) is 6.97. The van der Waals surface area contributed by atoms with Gasteiger partial charge in [0, 0.05) is 0 Å². The maximum Gasteiger partial charge on any atom is 0.377 e. The van der Waals surface area contributed by atoms with Gasteiger partial charge in [0.1, 0.15) is 25.1 Å². The Kier molecular flexibility index (Phi) is 5.42. The summed E-state index contributed by atoms with van der Waals surface area (Å²) in [4.78, 5) is 10.2. The summed E-state index contributed by atoms with van der Waals surface area (Å²) < 4.78 is 17.2. The predicted octanol–water partition coefficient (Wildman–Crippen LogP) is 3.88. The lowest BCUT2D eigenvalue weighted by Crippen LogP contribution is -2.81. The Morgan fingerprint density at radius 1 is 0.857 bits per heavy atom. The number of aliphatic imine (C=N–C) groups is 2. The minimum Gasteiger partial charge on any atom is -0.513 e. The standard InChI is InChI=1S/C28H35BN4O2/c1-20-15-21(2)24(22(3)16-20)32-13-14-33(19-32)29(23-11-9-8-10-12-23,25-30-27(4,5)17-34-25)26-31-28(6,7)18-35-26/h8-16,19H,17-18H2,1-7H3. The van der Waals surface area contributed by atoms with Crippen molar-refractivity contribution in [1.82, 2.24) is 4.57 Å². The van der Waals surface area contributed by atoms with E-state index in [1.807, 2.05) is 6.07 Å². The molecular formula is C28H35BN4O2. The zero-order chi connectivity index (χ0) is 25.0. The van der Waals surface area contributed by atoms with Crippen molar-refractivity contribution in [3.63, 3.8) is 0 Å². The lowest BCUT2D eigenvalue weighted by molar-refractivity contribution is -0.537. The minimum atomic E-state index is -1.91. The SMILES string of the molecule is Cc1cc(C)c(-n2cc[n+]([B-](C3=NC(C)(C)CO3)(C3=NC(C)(C)CO3)c3ccccc3)c2)c(C)c1. The third kappa shape index (κ3) is 3.97. The highest BCUT2D eigenvalue weighted by molar-refractivity contribution is 7.26. The summed E-state index contributed by atoms with van der Waals surface area (Å²) in [5.74, 6) is 1.33. The fraction of sp³-hybridized carbons (Fsp3) is 0.393. The van der Waals surface area contributed by atoms with E-state index in [1.165, 1.54) is 22.4 Å². The van der Waals surface area contributed by atoms with Crippen LogP contribution in [0, 0.1) is 20.8 Å². The number of aromatic nitrogens is 2. The smallest absolute Gasteiger partial charge is 0.377 e. The highest BCUT2D eigenvalue weighted by Gasteiger charge is 2.53. The summed E-state index contributed by atoms with van der Waals surface area (Å²) in [6.45, 7) is 15.9. The first-order chi connectivity index (χ1) is 16.5. The molecule has 35 heavy (non-hydrogen) atoms. The molecule has 3 heterocycles. The van der Waals surface area contributed by atoms with Gasteiger partial charge in [0.15, 0.2) is 0 Å². The van der Waals surface area contributed by atoms with Gasteiger partial charge < -0.3 is 14.0 Å². The zero-order valence-corrected chi connectivity index (χ0v) is 21.9. The Balaban J connectivity index is 1.79. The van der Waals surface area contributed by atoms with Crippen molar-refractivity contribution in [2.24, 2.45) is 9.98 Å². The second-order valence-electron chi connectivity index (χ2n) is 11.3. The van der Waals surface area contributed by atoms with Gasteiger partial charge in [-0.2, -0.15) is 0 Å². The number of nitrogens with zero attached hydrogens (tertiary/aromatic N) is 4. The quantitative estimate of drug-likeness (QED) is 0.532. The van der Waals surface area contributed by atoms with E-state index in [2.05, 4.69) is 113 Å². The summed E-state index contributed by atoms with van der Waals surface area (Å²) >= 11 is 0. The number of imidazole rings is 1. The van der Waals surface area contributed by atoms with Crippen LogP contribution < -0.4 is 9.94 Å². The minimum absolute atomic E-state index is 0.320. The van der Waals surface area contributed by atoms with Crippen LogP contribution in [0.5, 0.6) is 0 Å². The molecule has 0 aliphatic carbocycles. The van der Waals surface area contributed by atoms with Gasteiger partial charge >= 0.3 is 6.28 Å². The molecule has 0 spiro atoms. The number of hydrogen-bond donors (Lipinski definition) is 0. The molecule has 2 aliphatic heterocycles.